The Hall–Kier alpha value is -2.65. The molecule has 0 amide bonds. The van der Waals surface area contributed by atoms with Crippen molar-refractivity contribution >= 4 is 29.8 Å². The third-order valence-electron chi connectivity index (χ3n) is 15.5. The highest BCUT2D eigenvalue weighted by molar-refractivity contribution is 5.78. The molecule has 0 aromatic rings. The van der Waals surface area contributed by atoms with Crippen LogP contribution in [0, 0.1) is 27.1 Å². The van der Waals surface area contributed by atoms with Gasteiger partial charge in [0.1, 0.15) is 28.0 Å². The second kappa shape index (κ2) is 28.6. The van der Waals surface area contributed by atoms with E-state index in [9.17, 15) is 24.0 Å². The molecule has 0 spiro atoms. The van der Waals surface area contributed by atoms with Crippen LogP contribution in [0.1, 0.15) is 295 Å². The Morgan fingerprint density at radius 3 is 0.884 bits per heavy atom. The van der Waals surface area contributed by atoms with E-state index in [0.29, 0.717) is 0 Å². The lowest BCUT2D eigenvalue weighted by molar-refractivity contribution is -0.172. The number of carbonyl (C=O) groups is 5. The lowest BCUT2D eigenvalue weighted by Crippen LogP contribution is -2.38. The molecule has 0 atom stereocenters. The number of carbonyl (C=O) groups excluding carboxylic acids is 5. The Bertz CT molecular complexity index is 1540. The van der Waals surface area contributed by atoms with Gasteiger partial charge in [-0.2, -0.15) is 0 Å². The average Bonchev–Trinajstić information content (AvgIpc) is 3.92. The van der Waals surface area contributed by atoms with Gasteiger partial charge in [-0.1, -0.05) is 54.9 Å². The number of esters is 5. The van der Waals surface area contributed by atoms with Crippen LogP contribution >= 0.6 is 0 Å². The third kappa shape index (κ3) is 25.5. The van der Waals surface area contributed by atoms with E-state index < -0.39 is 0 Å². The van der Waals surface area contributed by atoms with Crippen molar-refractivity contribution in [3.8, 4) is 0 Å². The molecule has 0 heterocycles. The zero-order valence-corrected chi connectivity index (χ0v) is 49.7. The summed E-state index contributed by atoms with van der Waals surface area (Å²) in [5, 5.41) is 0. The first-order valence-electron chi connectivity index (χ1n) is 27.4. The summed E-state index contributed by atoms with van der Waals surface area (Å²) < 4.78 is 27.7. The number of ether oxygens (including phenoxy) is 5. The van der Waals surface area contributed by atoms with Crippen LogP contribution in [0.3, 0.4) is 0 Å². The van der Waals surface area contributed by atoms with E-state index in [4.69, 9.17) is 23.7 Å². The van der Waals surface area contributed by atoms with E-state index in [-0.39, 0.29) is 84.9 Å². The van der Waals surface area contributed by atoms with E-state index >= 15 is 0 Å². The highest BCUT2D eigenvalue weighted by Gasteiger charge is 2.41. The molecule has 3 saturated carbocycles. The maximum absolute atomic E-state index is 12.0. The maximum atomic E-state index is 12.0. The molecular weight excluding hydrogens is 869 g/mol. The van der Waals surface area contributed by atoms with Crippen molar-refractivity contribution in [3.05, 3.63) is 0 Å². The van der Waals surface area contributed by atoms with Gasteiger partial charge in [0.15, 0.2) is 0 Å². The van der Waals surface area contributed by atoms with Gasteiger partial charge in [0.05, 0.1) is 27.1 Å². The quantitative estimate of drug-likeness (QED) is 0.109. The molecule has 10 nitrogen and oxygen atoms in total. The summed E-state index contributed by atoms with van der Waals surface area (Å²) in [5.41, 5.74) is -2.90. The minimum Gasteiger partial charge on any atom is -0.460 e. The zero-order valence-electron chi connectivity index (χ0n) is 49.7. The number of rotatable bonds is 16. The third-order valence-corrected chi connectivity index (χ3v) is 15.5. The first-order chi connectivity index (χ1) is 31.2. The van der Waals surface area contributed by atoms with Gasteiger partial charge in [0.25, 0.3) is 0 Å². The second-order valence-electron chi connectivity index (χ2n) is 25.8. The molecule has 0 radical (unpaired) electrons. The van der Waals surface area contributed by atoms with Crippen molar-refractivity contribution in [2.75, 3.05) is 0 Å². The van der Waals surface area contributed by atoms with Crippen LogP contribution in [0.4, 0.5) is 0 Å². The molecule has 3 aliphatic carbocycles. The summed E-state index contributed by atoms with van der Waals surface area (Å²) in [5.74, 6) is -0.299. The summed E-state index contributed by atoms with van der Waals surface area (Å²) in [6, 6.07) is 0. The van der Waals surface area contributed by atoms with Gasteiger partial charge in [0.2, 0.25) is 0 Å². The normalized spacial score (nSPS) is 17.9. The van der Waals surface area contributed by atoms with Crippen molar-refractivity contribution < 1.29 is 47.7 Å². The van der Waals surface area contributed by atoms with Crippen LogP contribution in [-0.2, 0) is 47.7 Å². The zero-order chi connectivity index (χ0) is 54.6. The summed E-state index contributed by atoms with van der Waals surface area (Å²) in [6.07, 6.45) is 20.6. The van der Waals surface area contributed by atoms with Gasteiger partial charge in [0, 0.05) is 0 Å². The standard InChI is InChI=1S/2C13H24O2.C12H22O2.C11H22O2.C10H20O2/c1-5-12(2,3)11(14)15-13(4)9-7-6-8-10-13;1-5-12(3,4)11(14)15-13(6-2)9-7-8-10-13;1-5-11(2,3)10(13)14-12(4)8-6-7-9-12;1-7-10(3,4)9(12)13-11(5,6)8-2;1-7-10(5,6)8(11)12-9(2,3)4/h2*5-10H2,1-4H3;5-9H2,1-4H3;7-8H2,1-6H3;7H2,1-6H3. The van der Waals surface area contributed by atoms with Crippen LogP contribution in [0.15, 0.2) is 0 Å². The molecule has 69 heavy (non-hydrogen) atoms. The van der Waals surface area contributed by atoms with Crippen LogP contribution in [0.25, 0.3) is 0 Å². The monoisotopic (exact) mass is 981 g/mol. The Morgan fingerprint density at radius 2 is 0.609 bits per heavy atom. The minimum atomic E-state index is -0.372. The Labute approximate surface area is 425 Å². The highest BCUT2D eigenvalue weighted by Crippen LogP contribution is 2.39. The molecule has 10 heteroatoms. The van der Waals surface area contributed by atoms with Crippen LogP contribution in [0.5, 0.6) is 0 Å². The lowest BCUT2D eigenvalue weighted by atomic mass is 9.85. The molecule has 0 aliphatic heterocycles. The maximum Gasteiger partial charge on any atom is 0.312 e. The number of hydrogen-bond donors (Lipinski definition) is 0. The van der Waals surface area contributed by atoms with E-state index in [1.807, 2.05) is 145 Å². The molecule has 0 saturated heterocycles. The van der Waals surface area contributed by atoms with Crippen LogP contribution < -0.4 is 0 Å². The van der Waals surface area contributed by atoms with Gasteiger partial charge >= 0.3 is 29.8 Å². The minimum absolute atomic E-state index is 0.0197. The summed E-state index contributed by atoms with van der Waals surface area (Å²) in [6.45, 7) is 47.3. The predicted octanol–water partition coefficient (Wildman–Crippen LogP) is 16.6. The SMILES string of the molecule is CCC(C)(C)C(=O)OC(C)(C)C.CCC(C)(C)C(=O)OC1(C)CCCC1.CCC(C)(C)C(=O)OC1(C)CCCCC1.CCC(C)(C)OC(=O)C(C)(C)CC.CCC1(OC(=O)C(C)(C)CC)CCCC1. The smallest absolute Gasteiger partial charge is 0.312 e. The van der Waals surface area contributed by atoms with Crippen molar-refractivity contribution in [1.82, 2.24) is 0 Å². The van der Waals surface area contributed by atoms with Crippen molar-refractivity contribution in [2.45, 2.75) is 323 Å². The van der Waals surface area contributed by atoms with E-state index in [0.717, 1.165) is 83.5 Å². The molecule has 3 rings (SSSR count). The van der Waals surface area contributed by atoms with E-state index in [1.165, 1.54) is 44.9 Å². The Balaban J connectivity index is 0. The fourth-order valence-corrected chi connectivity index (χ4v) is 6.83. The predicted molar refractivity (Wildman–Crippen MR) is 285 cm³/mol. The molecule has 0 bridgehead atoms. The van der Waals surface area contributed by atoms with Crippen LogP contribution in [0.2, 0.25) is 0 Å². The van der Waals surface area contributed by atoms with Gasteiger partial charge in [-0.3, -0.25) is 24.0 Å². The second-order valence-corrected chi connectivity index (χ2v) is 25.8. The lowest BCUT2D eigenvalue weighted by Gasteiger charge is -2.36. The fourth-order valence-electron chi connectivity index (χ4n) is 6.83. The summed E-state index contributed by atoms with van der Waals surface area (Å²) >= 11 is 0. The topological polar surface area (TPSA) is 132 Å². The molecule has 3 aliphatic rings. The first kappa shape index (κ1) is 68.4. The van der Waals surface area contributed by atoms with Crippen molar-refractivity contribution in [2.24, 2.45) is 27.1 Å². The molecule has 0 aromatic heterocycles. The van der Waals surface area contributed by atoms with Crippen molar-refractivity contribution in [1.29, 1.82) is 0 Å². The molecule has 0 aromatic carbocycles. The van der Waals surface area contributed by atoms with E-state index in [1.54, 1.807) is 0 Å². The summed E-state index contributed by atoms with van der Waals surface area (Å²) in [4.78, 5) is 58.9. The molecule has 0 unspecified atom stereocenters. The molecular formula is C59H112O10. The largest absolute Gasteiger partial charge is 0.460 e. The number of hydrogen-bond acceptors (Lipinski definition) is 10. The molecule has 408 valence electrons. The van der Waals surface area contributed by atoms with Gasteiger partial charge in [-0.25, -0.2) is 0 Å². The fraction of sp³-hybridized carbons (Fsp3) is 0.915. The van der Waals surface area contributed by atoms with Gasteiger partial charge in [-0.15, -0.1) is 0 Å². The van der Waals surface area contributed by atoms with Gasteiger partial charge < -0.3 is 23.7 Å². The highest BCUT2D eigenvalue weighted by atomic mass is 16.6. The first-order valence-corrected chi connectivity index (χ1v) is 27.4. The average molecular weight is 982 g/mol. The van der Waals surface area contributed by atoms with Crippen LogP contribution in [-0.4, -0.2) is 57.9 Å². The molecule has 3 fully saturated rings. The van der Waals surface area contributed by atoms with Crippen molar-refractivity contribution in [3.63, 3.8) is 0 Å². The van der Waals surface area contributed by atoms with Gasteiger partial charge in [-0.05, 0) is 240 Å². The van der Waals surface area contributed by atoms with E-state index in [2.05, 4.69) is 20.8 Å². The Morgan fingerprint density at radius 1 is 0.348 bits per heavy atom. The Kier molecular flexibility index (Phi) is 28.3. The summed E-state index contributed by atoms with van der Waals surface area (Å²) in [7, 11) is 0. The molecule has 0 N–H and O–H groups in total.